The summed E-state index contributed by atoms with van der Waals surface area (Å²) in [5.41, 5.74) is 7.61. The van der Waals surface area contributed by atoms with Gasteiger partial charge in [-0.15, -0.1) is 10.2 Å². The van der Waals surface area contributed by atoms with Crippen LogP contribution >= 0.6 is 23.2 Å². The number of anilines is 2. The van der Waals surface area contributed by atoms with E-state index >= 15 is 0 Å². The van der Waals surface area contributed by atoms with Gasteiger partial charge in [0, 0.05) is 16.7 Å². The largest absolute Gasteiger partial charge is 0.482 e. The average Bonchev–Trinajstić information content (AvgIpc) is 2.67. The Labute approximate surface area is 170 Å². The summed E-state index contributed by atoms with van der Waals surface area (Å²) < 4.78 is 19.6. The van der Waals surface area contributed by atoms with Crippen molar-refractivity contribution in [2.75, 3.05) is 11.1 Å². The monoisotopic (exact) mass is 420 g/mol. The lowest BCUT2D eigenvalue weighted by atomic mass is 10.1. The number of nitrogens with one attached hydrogen (secondary N) is 1. The quantitative estimate of drug-likeness (QED) is 0.565. The van der Waals surface area contributed by atoms with E-state index in [0.717, 1.165) is 0 Å². The summed E-state index contributed by atoms with van der Waals surface area (Å²) in [7, 11) is 0. The molecule has 0 amide bonds. The second kappa shape index (κ2) is 8.37. The Bertz CT molecular complexity index is 1020. The molecule has 1 atom stereocenters. The van der Waals surface area contributed by atoms with Gasteiger partial charge in [0.05, 0.1) is 28.8 Å². The van der Waals surface area contributed by atoms with Gasteiger partial charge in [0.25, 0.3) is 0 Å². The van der Waals surface area contributed by atoms with Crippen LogP contribution in [-0.2, 0) is 0 Å². The van der Waals surface area contributed by atoms with Gasteiger partial charge in [-0.2, -0.15) is 0 Å². The Morgan fingerprint density at radius 1 is 1.25 bits per heavy atom. The predicted octanol–water partition coefficient (Wildman–Crippen LogP) is 4.52. The fraction of sp³-hybridized carbons (Fsp3) is 0.111. The summed E-state index contributed by atoms with van der Waals surface area (Å²) in [6, 6.07) is 4.15. The minimum Gasteiger partial charge on any atom is -0.482 e. The maximum Gasteiger partial charge on any atom is 0.188 e. The first-order valence-electron chi connectivity index (χ1n) is 8.01. The lowest BCUT2D eigenvalue weighted by Gasteiger charge is -2.19. The zero-order valence-electron chi connectivity index (χ0n) is 14.7. The normalized spacial score (nSPS) is 11.7. The highest BCUT2D eigenvalue weighted by Crippen LogP contribution is 2.36. The molecule has 7 nitrogen and oxygen atoms in total. The summed E-state index contributed by atoms with van der Waals surface area (Å²) in [5, 5.41) is 11.0. The van der Waals surface area contributed by atoms with Gasteiger partial charge in [-0.25, -0.2) is 14.4 Å². The topological polar surface area (TPSA) is 98.8 Å². The zero-order valence-corrected chi connectivity index (χ0v) is 16.2. The van der Waals surface area contributed by atoms with E-state index in [1.54, 1.807) is 25.4 Å². The van der Waals surface area contributed by atoms with Gasteiger partial charge in [0.2, 0.25) is 0 Å². The van der Waals surface area contributed by atoms with Crippen molar-refractivity contribution >= 4 is 40.4 Å². The second-order valence-electron chi connectivity index (χ2n) is 5.73. The number of halogens is 3. The van der Waals surface area contributed by atoms with E-state index < -0.39 is 11.9 Å². The van der Waals surface area contributed by atoms with Crippen molar-refractivity contribution in [2.45, 2.75) is 13.0 Å². The minimum absolute atomic E-state index is 0.0510. The zero-order chi connectivity index (χ0) is 20.3. The Hall–Kier alpha value is -2.97. The number of hydrogen-bond donors (Lipinski definition) is 2. The second-order valence-corrected chi connectivity index (χ2v) is 6.51. The van der Waals surface area contributed by atoms with E-state index in [4.69, 9.17) is 33.7 Å². The van der Waals surface area contributed by atoms with Crippen LogP contribution in [0.2, 0.25) is 10.0 Å². The number of nitrogens with zero attached hydrogens (tertiary/aromatic N) is 4. The maximum atomic E-state index is 13.8. The molecule has 2 aromatic heterocycles. The third kappa shape index (κ3) is 4.29. The van der Waals surface area contributed by atoms with Gasteiger partial charge in [-0.1, -0.05) is 29.8 Å². The smallest absolute Gasteiger partial charge is 0.188 e. The molecule has 0 spiro atoms. The van der Waals surface area contributed by atoms with Gasteiger partial charge in [-0.3, -0.25) is 0 Å². The molecule has 0 aliphatic rings. The summed E-state index contributed by atoms with van der Waals surface area (Å²) in [6.45, 7) is 5.58. The number of hydrogen-bond acceptors (Lipinski definition) is 7. The fourth-order valence-corrected chi connectivity index (χ4v) is 3.07. The van der Waals surface area contributed by atoms with E-state index in [9.17, 15) is 4.39 Å². The highest BCUT2D eigenvalue weighted by molar-refractivity contribution is 6.36. The maximum absolute atomic E-state index is 13.8. The van der Waals surface area contributed by atoms with Crippen molar-refractivity contribution in [1.29, 1.82) is 0 Å². The van der Waals surface area contributed by atoms with Crippen molar-refractivity contribution in [3.63, 3.8) is 0 Å². The van der Waals surface area contributed by atoms with Crippen LogP contribution in [0.5, 0.6) is 5.75 Å². The first kappa shape index (κ1) is 19.8. The van der Waals surface area contributed by atoms with Crippen molar-refractivity contribution in [3.8, 4) is 5.75 Å². The van der Waals surface area contributed by atoms with Crippen molar-refractivity contribution in [1.82, 2.24) is 20.2 Å². The molecule has 0 saturated heterocycles. The lowest BCUT2D eigenvalue weighted by molar-refractivity contribution is 0.227. The molecule has 0 aliphatic heterocycles. The van der Waals surface area contributed by atoms with E-state index in [1.165, 1.54) is 18.5 Å². The van der Waals surface area contributed by atoms with Gasteiger partial charge < -0.3 is 15.8 Å². The molecule has 28 heavy (non-hydrogen) atoms. The van der Waals surface area contributed by atoms with E-state index in [2.05, 4.69) is 32.1 Å². The molecule has 1 aromatic carbocycles. The molecule has 3 N–H and O–H groups in total. The van der Waals surface area contributed by atoms with Crippen LogP contribution in [0.1, 0.15) is 24.3 Å². The highest BCUT2D eigenvalue weighted by Gasteiger charge is 2.20. The van der Waals surface area contributed by atoms with Crippen molar-refractivity contribution < 1.29 is 9.13 Å². The summed E-state index contributed by atoms with van der Waals surface area (Å²) >= 11 is 12.2. The minimum atomic E-state index is -0.696. The van der Waals surface area contributed by atoms with E-state index in [-0.39, 0.29) is 21.6 Å². The highest BCUT2D eigenvalue weighted by atomic mass is 35.5. The van der Waals surface area contributed by atoms with Gasteiger partial charge in [-0.05, 0) is 19.1 Å². The molecular weight excluding hydrogens is 406 g/mol. The predicted molar refractivity (Wildman–Crippen MR) is 107 cm³/mol. The average molecular weight is 421 g/mol. The molecule has 144 valence electrons. The first-order chi connectivity index (χ1) is 13.4. The Morgan fingerprint density at radius 2 is 1.96 bits per heavy atom. The molecule has 2 heterocycles. The first-order valence-corrected chi connectivity index (χ1v) is 8.77. The fourth-order valence-electron chi connectivity index (χ4n) is 2.39. The van der Waals surface area contributed by atoms with Crippen LogP contribution in [0.3, 0.4) is 0 Å². The number of nitrogens with two attached hydrogens (primary N) is 1. The van der Waals surface area contributed by atoms with Crippen molar-refractivity contribution in [2.24, 2.45) is 0 Å². The van der Waals surface area contributed by atoms with Crippen LogP contribution in [0.25, 0.3) is 5.70 Å². The van der Waals surface area contributed by atoms with Gasteiger partial charge >= 0.3 is 0 Å². The number of nitrogen functional groups attached to an aromatic ring is 1. The molecule has 3 rings (SSSR count). The Morgan fingerprint density at radius 3 is 2.68 bits per heavy atom. The summed E-state index contributed by atoms with van der Waals surface area (Å²) in [5.74, 6) is -0.322. The van der Waals surface area contributed by atoms with Crippen LogP contribution in [0.15, 0.2) is 43.5 Å². The molecule has 3 aromatic rings. The van der Waals surface area contributed by atoms with Crippen LogP contribution in [0, 0.1) is 5.82 Å². The van der Waals surface area contributed by atoms with Gasteiger partial charge in [0.1, 0.15) is 23.9 Å². The van der Waals surface area contributed by atoms with E-state index in [0.29, 0.717) is 22.6 Å². The lowest BCUT2D eigenvalue weighted by Crippen LogP contribution is -2.10. The van der Waals surface area contributed by atoms with Crippen LogP contribution in [0.4, 0.5) is 15.9 Å². The third-order valence-electron chi connectivity index (χ3n) is 3.74. The van der Waals surface area contributed by atoms with E-state index in [1.807, 2.05) is 0 Å². The number of rotatable bonds is 6. The molecule has 1 unspecified atom stereocenters. The number of benzene rings is 1. The van der Waals surface area contributed by atoms with Crippen LogP contribution in [-0.4, -0.2) is 20.2 Å². The molecule has 0 saturated carbocycles. The standard InChI is InChI=1S/C18H15Cl2FN6O/c1-9(25-11-6-23-8-24-7-11)14-5-15(18(22)27-26-14)28-10(2)16-12(19)3-4-13(21)17(16)20/h3-8,10,25H,1H2,2H3,(H2,22,27). The summed E-state index contributed by atoms with van der Waals surface area (Å²) in [4.78, 5) is 7.82. The SMILES string of the molecule is C=C(Nc1cncnc1)c1cc(OC(C)c2c(Cl)ccc(F)c2Cl)c(N)nn1. The Balaban J connectivity index is 1.84. The molecule has 0 radical (unpaired) electrons. The summed E-state index contributed by atoms with van der Waals surface area (Å²) in [6.07, 6.45) is 3.87. The van der Waals surface area contributed by atoms with Crippen molar-refractivity contribution in [3.05, 3.63) is 70.6 Å². The number of ether oxygens (including phenoxy) is 1. The number of aromatic nitrogens is 4. The Kier molecular flexibility index (Phi) is 5.91. The molecular formula is C18H15Cl2FN6O. The third-order valence-corrected chi connectivity index (χ3v) is 4.45. The van der Waals surface area contributed by atoms with Crippen LogP contribution < -0.4 is 15.8 Å². The molecule has 0 aliphatic carbocycles. The molecule has 0 bridgehead atoms. The molecule has 10 heteroatoms. The van der Waals surface area contributed by atoms with Gasteiger partial charge in [0.15, 0.2) is 11.6 Å². The molecule has 0 fully saturated rings.